The van der Waals surface area contributed by atoms with Crippen molar-refractivity contribution in [2.24, 2.45) is 0 Å². The van der Waals surface area contributed by atoms with Gasteiger partial charge >= 0.3 is 11.9 Å². The van der Waals surface area contributed by atoms with Crippen molar-refractivity contribution >= 4 is 23.5 Å². The maximum atomic E-state index is 12.5. The van der Waals surface area contributed by atoms with Gasteiger partial charge in [-0.15, -0.1) is 0 Å². The van der Waals surface area contributed by atoms with Crippen molar-refractivity contribution in [3.8, 4) is 0 Å². The zero-order valence-corrected chi connectivity index (χ0v) is 18.2. The molecule has 0 bridgehead atoms. The number of hydrogen-bond donors (Lipinski definition) is 2. The molecule has 0 aromatic carbocycles. The first-order valence-electron chi connectivity index (χ1n) is 9.69. The Kier molecular flexibility index (Phi) is 9.24. The molecule has 0 unspecified atom stereocenters. The van der Waals surface area contributed by atoms with Crippen LogP contribution in [0.1, 0.15) is 47.0 Å². The molecule has 0 saturated carbocycles. The van der Waals surface area contributed by atoms with E-state index in [0.29, 0.717) is 19.5 Å². The summed E-state index contributed by atoms with van der Waals surface area (Å²) in [6, 6.07) is 0. The zero-order chi connectivity index (χ0) is 22.9. The third-order valence-electron chi connectivity index (χ3n) is 4.84. The van der Waals surface area contributed by atoms with Crippen LogP contribution in [0.4, 0.5) is 5.95 Å². The summed E-state index contributed by atoms with van der Waals surface area (Å²) in [6.45, 7) is 7.82. The van der Waals surface area contributed by atoms with Gasteiger partial charge in [-0.05, 0) is 52.1 Å². The molecule has 0 spiro atoms. The number of imidazole rings is 1. The average molecular weight is 425 g/mol. The normalized spacial score (nSPS) is 11.9. The molecule has 11 nitrogen and oxygen atoms in total. The minimum atomic E-state index is -0.885. The monoisotopic (exact) mass is 425 g/mol. The molecule has 11 heteroatoms. The van der Waals surface area contributed by atoms with Crippen LogP contribution in [0.5, 0.6) is 0 Å². The van der Waals surface area contributed by atoms with Gasteiger partial charge in [-0.2, -0.15) is 0 Å². The van der Waals surface area contributed by atoms with E-state index in [-0.39, 0.29) is 36.9 Å². The Hall–Kier alpha value is -2.66. The number of nitrogens with zero attached hydrogens (tertiary/aromatic N) is 3. The summed E-state index contributed by atoms with van der Waals surface area (Å²) in [7, 11) is 1.28. The molecule has 0 saturated heterocycles. The van der Waals surface area contributed by atoms with Crippen LogP contribution in [-0.2, 0) is 25.7 Å². The van der Waals surface area contributed by atoms with E-state index in [1.165, 1.54) is 24.1 Å². The molecule has 0 aliphatic rings. The molecule has 1 heterocycles. The molecule has 0 atom stereocenters. The van der Waals surface area contributed by atoms with Gasteiger partial charge in [-0.25, -0.2) is 4.57 Å². The van der Waals surface area contributed by atoms with Crippen LogP contribution in [0.25, 0.3) is 0 Å². The van der Waals surface area contributed by atoms with Gasteiger partial charge in [0.2, 0.25) is 0 Å². The smallest absolute Gasteiger partial charge is 0.434 e. The Morgan fingerprint density at radius 3 is 2.20 bits per heavy atom. The van der Waals surface area contributed by atoms with E-state index in [1.54, 1.807) is 27.7 Å². The summed E-state index contributed by atoms with van der Waals surface area (Å²) in [5.74, 6) is -1.09. The number of aromatic nitrogens is 2. The lowest BCUT2D eigenvalue weighted by molar-refractivity contribution is -0.396. The number of Topliss-reactive ketones (excluding diaryl/α,β-unsaturated/α-hetero) is 2. The van der Waals surface area contributed by atoms with Gasteiger partial charge in [0.25, 0.3) is 0 Å². The van der Waals surface area contributed by atoms with Crippen LogP contribution in [0.2, 0.25) is 0 Å². The van der Waals surface area contributed by atoms with E-state index < -0.39 is 22.0 Å². The number of ketones is 2. The lowest BCUT2D eigenvalue weighted by Gasteiger charge is -2.27. The number of nitrogens with one attached hydrogen (secondary N) is 2. The van der Waals surface area contributed by atoms with Crippen molar-refractivity contribution in [2.45, 2.75) is 64.6 Å². The van der Waals surface area contributed by atoms with Gasteiger partial charge in [0.15, 0.2) is 11.6 Å². The van der Waals surface area contributed by atoms with Crippen LogP contribution in [0.15, 0.2) is 12.4 Å². The molecule has 168 valence electrons. The summed E-state index contributed by atoms with van der Waals surface area (Å²) < 4.78 is 5.75. The number of rotatable bonds is 14. The summed E-state index contributed by atoms with van der Waals surface area (Å²) in [6.07, 6.45) is 3.48. The minimum absolute atomic E-state index is 0.0490. The second kappa shape index (κ2) is 10.9. The van der Waals surface area contributed by atoms with Crippen molar-refractivity contribution < 1.29 is 24.0 Å². The summed E-state index contributed by atoms with van der Waals surface area (Å²) >= 11 is 0. The van der Waals surface area contributed by atoms with E-state index in [2.05, 4.69) is 20.4 Å². The predicted octanol–water partition coefficient (Wildman–Crippen LogP) is 1.01. The molecular formula is C19H31N5O6. The molecule has 0 fully saturated rings. The first kappa shape index (κ1) is 25.4. The van der Waals surface area contributed by atoms with E-state index in [1.807, 2.05) is 0 Å². The Labute approximate surface area is 175 Å². The Balaban J connectivity index is 2.42. The number of methoxy groups -OCH3 is 1. The highest BCUT2D eigenvalue weighted by Gasteiger charge is 2.30. The number of nitro groups is 1. The molecule has 2 N–H and O–H groups in total. The number of carbonyl (C=O) groups is 3. The fourth-order valence-corrected chi connectivity index (χ4v) is 2.67. The Morgan fingerprint density at radius 1 is 1.10 bits per heavy atom. The average Bonchev–Trinajstić information content (AvgIpc) is 3.13. The molecule has 0 aliphatic carbocycles. The molecular weight excluding hydrogens is 394 g/mol. The quantitative estimate of drug-likeness (QED) is 0.193. The second-order valence-corrected chi connectivity index (χ2v) is 7.99. The largest absolute Gasteiger partial charge is 0.469 e. The van der Waals surface area contributed by atoms with Gasteiger partial charge in [0, 0.05) is 6.42 Å². The number of carbonyl (C=O) groups excluding carboxylic acids is 3. The first-order valence-corrected chi connectivity index (χ1v) is 9.69. The molecule has 30 heavy (non-hydrogen) atoms. The van der Waals surface area contributed by atoms with E-state index in [0.717, 1.165) is 0 Å². The standard InChI is InChI=1S/C19H31N5O6/c1-18(2,14(25)7-8-16(27)30-5)21-9-6-10-22-19(3,4)15(26)13-23-12-11-20-17(23)24(28)29/h11-12,21-22H,6-10,13H2,1-5H3. The fraction of sp³-hybridized carbons (Fsp3) is 0.684. The van der Waals surface area contributed by atoms with Crippen LogP contribution in [0, 0.1) is 10.1 Å². The summed E-state index contributed by atoms with van der Waals surface area (Å²) in [5, 5.41) is 17.2. The SMILES string of the molecule is COC(=O)CCC(=O)C(C)(C)NCCCNC(C)(C)C(=O)Cn1ccnc1[N+](=O)[O-]. The maximum Gasteiger partial charge on any atom is 0.434 e. The van der Waals surface area contributed by atoms with Gasteiger partial charge in [-0.1, -0.05) is 4.98 Å². The number of hydrogen-bond acceptors (Lipinski definition) is 9. The highest BCUT2D eigenvalue weighted by Crippen LogP contribution is 2.12. The molecule has 1 aromatic rings. The topological polar surface area (TPSA) is 145 Å². The number of esters is 1. The van der Waals surface area contributed by atoms with Crippen LogP contribution < -0.4 is 10.6 Å². The fourth-order valence-electron chi connectivity index (χ4n) is 2.67. The molecule has 0 amide bonds. The lowest BCUT2D eigenvalue weighted by Crippen LogP contribution is -2.50. The maximum absolute atomic E-state index is 12.5. The van der Waals surface area contributed by atoms with E-state index in [9.17, 15) is 24.5 Å². The van der Waals surface area contributed by atoms with Gasteiger partial charge in [0.1, 0.15) is 18.9 Å². The van der Waals surface area contributed by atoms with E-state index in [4.69, 9.17) is 0 Å². The summed E-state index contributed by atoms with van der Waals surface area (Å²) in [5.41, 5.74) is -1.66. The Morgan fingerprint density at radius 2 is 1.67 bits per heavy atom. The number of ether oxygens (including phenoxy) is 1. The molecule has 0 radical (unpaired) electrons. The highest BCUT2D eigenvalue weighted by molar-refractivity contribution is 5.90. The molecule has 1 aromatic heterocycles. The molecule has 0 aliphatic heterocycles. The zero-order valence-electron chi connectivity index (χ0n) is 18.2. The van der Waals surface area contributed by atoms with Crippen molar-refractivity contribution in [1.82, 2.24) is 20.2 Å². The van der Waals surface area contributed by atoms with Crippen LogP contribution >= 0.6 is 0 Å². The third-order valence-corrected chi connectivity index (χ3v) is 4.84. The van der Waals surface area contributed by atoms with Crippen molar-refractivity contribution in [1.29, 1.82) is 0 Å². The first-order chi connectivity index (χ1) is 13.9. The van der Waals surface area contributed by atoms with Gasteiger partial charge in [0.05, 0.1) is 24.6 Å². The van der Waals surface area contributed by atoms with E-state index >= 15 is 0 Å². The highest BCUT2D eigenvalue weighted by atomic mass is 16.6. The minimum Gasteiger partial charge on any atom is -0.469 e. The van der Waals surface area contributed by atoms with Gasteiger partial charge < -0.3 is 25.5 Å². The van der Waals surface area contributed by atoms with Crippen molar-refractivity contribution in [3.05, 3.63) is 22.5 Å². The third kappa shape index (κ3) is 7.64. The van der Waals surface area contributed by atoms with Crippen LogP contribution in [-0.4, -0.2) is 63.3 Å². The second-order valence-electron chi connectivity index (χ2n) is 7.99. The molecule has 1 rings (SSSR count). The predicted molar refractivity (Wildman–Crippen MR) is 109 cm³/mol. The van der Waals surface area contributed by atoms with Crippen molar-refractivity contribution in [3.63, 3.8) is 0 Å². The van der Waals surface area contributed by atoms with Crippen LogP contribution in [0.3, 0.4) is 0 Å². The van der Waals surface area contributed by atoms with Crippen molar-refractivity contribution in [2.75, 3.05) is 20.2 Å². The Bertz CT molecular complexity index is 771. The lowest BCUT2D eigenvalue weighted by atomic mass is 9.95. The summed E-state index contributed by atoms with van der Waals surface area (Å²) in [4.78, 5) is 49.9. The van der Waals surface area contributed by atoms with Gasteiger partial charge in [-0.3, -0.25) is 14.4 Å².